The molecular weight excluding hydrogens is 398 g/mol. The number of aromatic nitrogens is 5. The lowest BCUT2D eigenvalue weighted by Gasteiger charge is -2.24. The third kappa shape index (κ3) is 5.08. The quantitative estimate of drug-likeness (QED) is 0.497. The van der Waals surface area contributed by atoms with Crippen LogP contribution < -0.4 is 5.32 Å². The molecule has 0 aliphatic carbocycles. The molecule has 1 aromatic carbocycles. The molecule has 4 rings (SSSR count). The number of ether oxygens (including phenoxy) is 1. The Kier molecular flexibility index (Phi) is 6.56. The minimum absolute atomic E-state index is 0.0503. The molecular formula is C21H27N7O3. The van der Waals surface area contributed by atoms with Crippen LogP contribution in [0.5, 0.6) is 0 Å². The van der Waals surface area contributed by atoms with Gasteiger partial charge in [0.15, 0.2) is 5.69 Å². The number of methoxy groups -OCH3 is 1. The molecule has 0 bridgehead atoms. The number of para-hydroxylation sites is 2. The molecule has 10 nitrogen and oxygen atoms in total. The molecule has 164 valence electrons. The maximum atomic E-state index is 12.9. The summed E-state index contributed by atoms with van der Waals surface area (Å²) in [7, 11) is 1.58. The standard InChI is InChI=1S/C21H27N7O3/c1-31-12-10-22-21(30)18-14-27(26-25-18)13-15-5-4-11-28(15)20(29)9-8-19-23-16-6-2-3-7-17(16)24-19/h2-3,6-7,14-15H,4-5,8-13H2,1H3,(H,22,30)(H,23,24)/t15-/m0/s1. The van der Waals surface area contributed by atoms with Crippen molar-refractivity contribution < 1.29 is 14.3 Å². The van der Waals surface area contributed by atoms with Gasteiger partial charge in [-0.05, 0) is 25.0 Å². The summed E-state index contributed by atoms with van der Waals surface area (Å²) in [6.07, 6.45) is 4.47. The maximum absolute atomic E-state index is 12.9. The molecule has 2 N–H and O–H groups in total. The lowest BCUT2D eigenvalue weighted by atomic mass is 10.2. The summed E-state index contributed by atoms with van der Waals surface area (Å²) in [5.41, 5.74) is 2.16. The van der Waals surface area contributed by atoms with Crippen molar-refractivity contribution in [3.8, 4) is 0 Å². The van der Waals surface area contributed by atoms with Crippen LogP contribution in [0, 0.1) is 0 Å². The number of aryl methyl sites for hydroxylation is 1. The van der Waals surface area contributed by atoms with E-state index in [9.17, 15) is 9.59 Å². The molecule has 1 aliphatic heterocycles. The van der Waals surface area contributed by atoms with Gasteiger partial charge in [0.05, 0.1) is 36.4 Å². The molecule has 3 heterocycles. The molecule has 0 unspecified atom stereocenters. The van der Waals surface area contributed by atoms with Gasteiger partial charge in [-0.25, -0.2) is 9.67 Å². The summed E-state index contributed by atoms with van der Waals surface area (Å²) in [6.45, 7) is 2.11. The number of amides is 2. The second-order valence-electron chi connectivity index (χ2n) is 7.66. The topological polar surface area (TPSA) is 118 Å². The molecule has 1 atom stereocenters. The molecule has 1 aliphatic rings. The number of likely N-dealkylation sites (tertiary alicyclic amines) is 1. The van der Waals surface area contributed by atoms with Crippen LogP contribution in [0.1, 0.15) is 35.6 Å². The summed E-state index contributed by atoms with van der Waals surface area (Å²) in [5, 5.41) is 10.7. The van der Waals surface area contributed by atoms with Crippen LogP contribution in [0.4, 0.5) is 0 Å². The fourth-order valence-corrected chi connectivity index (χ4v) is 3.91. The maximum Gasteiger partial charge on any atom is 0.273 e. The first-order chi connectivity index (χ1) is 15.1. The van der Waals surface area contributed by atoms with E-state index in [0.29, 0.717) is 32.5 Å². The molecule has 0 radical (unpaired) electrons. The highest BCUT2D eigenvalue weighted by Gasteiger charge is 2.29. The van der Waals surface area contributed by atoms with Gasteiger partial charge in [-0.2, -0.15) is 0 Å². The monoisotopic (exact) mass is 425 g/mol. The molecule has 0 saturated carbocycles. The van der Waals surface area contributed by atoms with E-state index in [1.807, 2.05) is 29.2 Å². The summed E-state index contributed by atoms with van der Waals surface area (Å²) in [6, 6.07) is 7.90. The highest BCUT2D eigenvalue weighted by Crippen LogP contribution is 2.20. The molecule has 31 heavy (non-hydrogen) atoms. The lowest BCUT2D eigenvalue weighted by Crippen LogP contribution is -2.38. The third-order valence-corrected chi connectivity index (χ3v) is 5.47. The minimum atomic E-state index is -0.284. The van der Waals surface area contributed by atoms with E-state index in [2.05, 4.69) is 25.6 Å². The van der Waals surface area contributed by atoms with Gasteiger partial charge in [-0.15, -0.1) is 5.10 Å². The van der Waals surface area contributed by atoms with Crippen molar-refractivity contribution in [2.24, 2.45) is 0 Å². The average molecular weight is 425 g/mol. The largest absolute Gasteiger partial charge is 0.383 e. The van der Waals surface area contributed by atoms with Crippen LogP contribution in [0.2, 0.25) is 0 Å². The van der Waals surface area contributed by atoms with Crippen molar-refractivity contribution in [1.82, 2.24) is 35.2 Å². The highest BCUT2D eigenvalue weighted by atomic mass is 16.5. The van der Waals surface area contributed by atoms with E-state index in [1.165, 1.54) is 0 Å². The number of benzene rings is 1. The van der Waals surface area contributed by atoms with Crippen LogP contribution >= 0.6 is 0 Å². The Bertz CT molecular complexity index is 1010. The van der Waals surface area contributed by atoms with Gasteiger partial charge in [0.2, 0.25) is 5.91 Å². The number of rotatable bonds is 9. The van der Waals surface area contributed by atoms with Crippen LogP contribution in [0.15, 0.2) is 30.5 Å². The predicted octanol–water partition coefficient (Wildman–Crippen LogP) is 1.15. The van der Waals surface area contributed by atoms with Crippen molar-refractivity contribution in [2.75, 3.05) is 26.8 Å². The number of imidazole rings is 1. The second-order valence-corrected chi connectivity index (χ2v) is 7.66. The Morgan fingerprint density at radius 1 is 1.32 bits per heavy atom. The summed E-state index contributed by atoms with van der Waals surface area (Å²) in [4.78, 5) is 34.7. The molecule has 1 saturated heterocycles. The Morgan fingerprint density at radius 2 is 2.19 bits per heavy atom. The van der Waals surface area contributed by atoms with Crippen molar-refractivity contribution in [3.63, 3.8) is 0 Å². The molecule has 3 aromatic rings. The fraction of sp³-hybridized carbons (Fsp3) is 0.476. The number of nitrogens with one attached hydrogen (secondary N) is 2. The number of aromatic amines is 1. The predicted molar refractivity (Wildman–Crippen MR) is 113 cm³/mol. The third-order valence-electron chi connectivity index (χ3n) is 5.47. The number of carbonyl (C=O) groups excluding carboxylic acids is 2. The molecule has 10 heteroatoms. The van der Waals surface area contributed by atoms with E-state index in [4.69, 9.17) is 4.74 Å². The van der Waals surface area contributed by atoms with E-state index < -0.39 is 0 Å². The number of nitrogens with zero attached hydrogens (tertiary/aromatic N) is 5. The molecule has 1 fully saturated rings. The summed E-state index contributed by atoms with van der Waals surface area (Å²) in [5.74, 6) is 0.653. The highest BCUT2D eigenvalue weighted by molar-refractivity contribution is 5.91. The van der Waals surface area contributed by atoms with Crippen LogP contribution in [-0.2, 0) is 22.5 Å². The average Bonchev–Trinajstić information content (AvgIpc) is 3.51. The van der Waals surface area contributed by atoms with Crippen molar-refractivity contribution in [1.29, 1.82) is 0 Å². The van der Waals surface area contributed by atoms with Gasteiger partial charge < -0.3 is 19.9 Å². The van der Waals surface area contributed by atoms with Gasteiger partial charge in [-0.1, -0.05) is 17.3 Å². The Morgan fingerprint density at radius 3 is 3.03 bits per heavy atom. The Labute approximate surface area is 180 Å². The number of fused-ring (bicyclic) bond motifs is 1. The van der Waals surface area contributed by atoms with Gasteiger partial charge in [0.1, 0.15) is 5.82 Å². The Balaban J connectivity index is 1.31. The molecule has 2 amide bonds. The fourth-order valence-electron chi connectivity index (χ4n) is 3.91. The van der Waals surface area contributed by atoms with Gasteiger partial charge in [0.25, 0.3) is 5.91 Å². The first-order valence-electron chi connectivity index (χ1n) is 10.5. The zero-order valence-electron chi connectivity index (χ0n) is 17.6. The zero-order valence-corrected chi connectivity index (χ0v) is 17.6. The second kappa shape index (κ2) is 9.69. The number of carbonyl (C=O) groups is 2. The first kappa shape index (κ1) is 21.0. The number of hydrogen-bond donors (Lipinski definition) is 2. The van der Waals surface area contributed by atoms with Gasteiger partial charge >= 0.3 is 0 Å². The van der Waals surface area contributed by atoms with Gasteiger partial charge in [0, 0.05) is 33.0 Å². The normalized spacial score (nSPS) is 16.2. The van der Waals surface area contributed by atoms with Gasteiger partial charge in [-0.3, -0.25) is 9.59 Å². The number of H-pyrrole nitrogens is 1. The smallest absolute Gasteiger partial charge is 0.273 e. The molecule has 2 aromatic heterocycles. The van der Waals surface area contributed by atoms with E-state index >= 15 is 0 Å². The van der Waals surface area contributed by atoms with Crippen LogP contribution in [0.3, 0.4) is 0 Å². The van der Waals surface area contributed by atoms with E-state index in [-0.39, 0.29) is 23.6 Å². The zero-order chi connectivity index (χ0) is 21.6. The van der Waals surface area contributed by atoms with Crippen molar-refractivity contribution >= 4 is 22.8 Å². The summed E-state index contributed by atoms with van der Waals surface area (Å²) >= 11 is 0. The SMILES string of the molecule is COCCNC(=O)c1cn(C[C@@H]2CCCN2C(=O)CCc2nc3ccccc3[nH]2)nn1. The van der Waals surface area contributed by atoms with E-state index in [1.54, 1.807) is 18.0 Å². The Hall–Kier alpha value is -3.27. The number of hydrogen-bond acceptors (Lipinski definition) is 6. The van der Waals surface area contributed by atoms with Crippen molar-refractivity contribution in [3.05, 3.63) is 42.0 Å². The lowest BCUT2D eigenvalue weighted by molar-refractivity contribution is -0.132. The molecule has 0 spiro atoms. The van der Waals surface area contributed by atoms with Crippen molar-refractivity contribution in [2.45, 2.75) is 38.3 Å². The first-order valence-corrected chi connectivity index (χ1v) is 10.5. The van der Waals surface area contributed by atoms with Crippen LogP contribution in [-0.4, -0.2) is 74.5 Å². The van der Waals surface area contributed by atoms with Crippen LogP contribution in [0.25, 0.3) is 11.0 Å². The summed E-state index contributed by atoms with van der Waals surface area (Å²) < 4.78 is 6.56. The minimum Gasteiger partial charge on any atom is -0.383 e. The van der Waals surface area contributed by atoms with E-state index in [0.717, 1.165) is 36.2 Å².